The summed E-state index contributed by atoms with van der Waals surface area (Å²) >= 11 is 0. The highest BCUT2D eigenvalue weighted by molar-refractivity contribution is 5.93. The van der Waals surface area contributed by atoms with Crippen LogP contribution in [0.15, 0.2) is 36.4 Å². The van der Waals surface area contributed by atoms with Crippen LogP contribution in [0.25, 0.3) is 0 Å². The molecule has 6 heteroatoms. The summed E-state index contributed by atoms with van der Waals surface area (Å²) < 4.78 is 13.3. The normalized spacial score (nSPS) is 18.0. The summed E-state index contributed by atoms with van der Waals surface area (Å²) in [6.45, 7) is 0. The summed E-state index contributed by atoms with van der Waals surface area (Å²) in [5.74, 6) is -0.439. The highest BCUT2D eigenvalue weighted by Crippen LogP contribution is 2.41. The Labute approximate surface area is 176 Å². The van der Waals surface area contributed by atoms with Crippen LogP contribution in [0.2, 0.25) is 0 Å². The van der Waals surface area contributed by atoms with Crippen molar-refractivity contribution in [2.45, 2.75) is 69.2 Å². The quantitative estimate of drug-likeness (QED) is 0.725. The van der Waals surface area contributed by atoms with Crippen LogP contribution >= 0.6 is 0 Å². The van der Waals surface area contributed by atoms with Crippen molar-refractivity contribution in [3.63, 3.8) is 0 Å². The third-order valence-corrected chi connectivity index (χ3v) is 6.25. The Morgan fingerprint density at radius 1 is 1.07 bits per heavy atom. The van der Waals surface area contributed by atoms with Gasteiger partial charge in [0.2, 0.25) is 5.91 Å². The monoisotopic (exact) mass is 409 g/mol. The fraction of sp³-hybridized carbons (Fsp3) is 0.458. The Morgan fingerprint density at radius 2 is 1.77 bits per heavy atom. The Bertz CT molecular complexity index is 932. The smallest absolute Gasteiger partial charge is 0.270 e. The van der Waals surface area contributed by atoms with E-state index in [1.54, 1.807) is 18.2 Å². The number of benzene rings is 1. The molecule has 2 fully saturated rings. The number of hydrogen-bond donors (Lipinski definition) is 2. The van der Waals surface area contributed by atoms with E-state index in [0.717, 1.165) is 56.2 Å². The molecule has 2 aliphatic carbocycles. The molecule has 0 saturated heterocycles. The molecular formula is C24H28FN3O2. The van der Waals surface area contributed by atoms with Crippen LogP contribution in [-0.4, -0.2) is 22.3 Å². The van der Waals surface area contributed by atoms with Gasteiger partial charge < -0.3 is 11.1 Å². The minimum atomic E-state index is -0.574. The van der Waals surface area contributed by atoms with E-state index in [2.05, 4.69) is 5.32 Å². The first-order valence-corrected chi connectivity index (χ1v) is 10.8. The molecule has 30 heavy (non-hydrogen) atoms. The number of primary amides is 1. The molecule has 0 bridgehead atoms. The molecule has 0 unspecified atom stereocenters. The Balaban J connectivity index is 1.57. The standard InChI is InChI=1S/C24H28FN3O2/c25-18-8-4-16(5-9-18)14-21-19(17-6-7-17)10-11-20(27-21)23(30)28-24(15-22(26)29)12-2-1-3-13-24/h4-5,8-11,17H,1-3,6-7,12-15H2,(H2,26,29)(H,28,30). The lowest BCUT2D eigenvalue weighted by Crippen LogP contribution is -2.52. The highest BCUT2D eigenvalue weighted by atomic mass is 19.1. The van der Waals surface area contributed by atoms with Crippen molar-refractivity contribution in [1.82, 2.24) is 10.3 Å². The molecule has 0 atom stereocenters. The average molecular weight is 410 g/mol. The van der Waals surface area contributed by atoms with Crippen molar-refractivity contribution in [2.75, 3.05) is 0 Å². The number of carbonyl (C=O) groups is 2. The van der Waals surface area contributed by atoms with E-state index < -0.39 is 11.4 Å². The fourth-order valence-corrected chi connectivity index (χ4v) is 4.55. The maximum atomic E-state index is 13.3. The summed E-state index contributed by atoms with van der Waals surface area (Å²) in [6, 6.07) is 10.2. The maximum Gasteiger partial charge on any atom is 0.270 e. The van der Waals surface area contributed by atoms with E-state index in [1.807, 2.05) is 6.07 Å². The molecule has 2 saturated carbocycles. The van der Waals surface area contributed by atoms with Crippen LogP contribution in [-0.2, 0) is 11.2 Å². The second-order valence-corrected chi connectivity index (χ2v) is 8.75. The number of nitrogens with zero attached hydrogens (tertiary/aromatic N) is 1. The van der Waals surface area contributed by atoms with Gasteiger partial charge >= 0.3 is 0 Å². The van der Waals surface area contributed by atoms with Crippen LogP contribution in [0, 0.1) is 5.82 Å². The maximum absolute atomic E-state index is 13.3. The zero-order valence-electron chi connectivity index (χ0n) is 17.1. The summed E-state index contributed by atoms with van der Waals surface area (Å²) in [5, 5.41) is 3.09. The number of amides is 2. The SMILES string of the molecule is NC(=O)CC1(NC(=O)c2ccc(C3CC3)c(Cc3ccc(F)cc3)n2)CCCCC1. The van der Waals surface area contributed by atoms with Crippen molar-refractivity contribution >= 4 is 11.8 Å². The van der Waals surface area contributed by atoms with Gasteiger partial charge in [0.15, 0.2) is 0 Å². The second-order valence-electron chi connectivity index (χ2n) is 8.75. The van der Waals surface area contributed by atoms with E-state index in [4.69, 9.17) is 10.7 Å². The molecule has 2 aromatic rings. The predicted molar refractivity (Wildman–Crippen MR) is 113 cm³/mol. The van der Waals surface area contributed by atoms with Gasteiger partial charge in [0, 0.05) is 24.1 Å². The van der Waals surface area contributed by atoms with Crippen molar-refractivity contribution in [1.29, 1.82) is 0 Å². The Kier molecular flexibility index (Phi) is 5.84. The average Bonchev–Trinajstić information content (AvgIpc) is 3.55. The van der Waals surface area contributed by atoms with E-state index in [1.165, 1.54) is 17.7 Å². The van der Waals surface area contributed by atoms with E-state index in [9.17, 15) is 14.0 Å². The number of nitrogens with two attached hydrogens (primary N) is 1. The van der Waals surface area contributed by atoms with Crippen molar-refractivity contribution in [3.8, 4) is 0 Å². The first-order valence-electron chi connectivity index (χ1n) is 10.8. The molecule has 0 aliphatic heterocycles. The highest BCUT2D eigenvalue weighted by Gasteiger charge is 2.36. The molecule has 158 valence electrons. The van der Waals surface area contributed by atoms with Crippen LogP contribution in [0.5, 0.6) is 0 Å². The van der Waals surface area contributed by atoms with Crippen molar-refractivity contribution in [3.05, 3.63) is 64.7 Å². The third-order valence-electron chi connectivity index (χ3n) is 6.25. The molecule has 5 nitrogen and oxygen atoms in total. The second kappa shape index (κ2) is 8.54. The van der Waals surface area contributed by atoms with Gasteiger partial charge in [-0.15, -0.1) is 0 Å². The number of nitrogens with one attached hydrogen (secondary N) is 1. The minimum Gasteiger partial charge on any atom is -0.370 e. The van der Waals surface area contributed by atoms with Crippen LogP contribution < -0.4 is 11.1 Å². The van der Waals surface area contributed by atoms with Gasteiger partial charge in [0.1, 0.15) is 11.5 Å². The lowest BCUT2D eigenvalue weighted by Gasteiger charge is -2.37. The minimum absolute atomic E-state index is 0.154. The fourth-order valence-electron chi connectivity index (χ4n) is 4.55. The van der Waals surface area contributed by atoms with E-state index in [0.29, 0.717) is 18.0 Å². The lowest BCUT2D eigenvalue weighted by molar-refractivity contribution is -0.119. The summed E-state index contributed by atoms with van der Waals surface area (Å²) in [5.41, 5.74) is 8.24. The van der Waals surface area contributed by atoms with Gasteiger partial charge in [-0.05, 0) is 60.9 Å². The molecule has 1 aromatic carbocycles. The zero-order valence-corrected chi connectivity index (χ0v) is 17.1. The Morgan fingerprint density at radius 3 is 2.40 bits per heavy atom. The number of pyridine rings is 1. The third kappa shape index (κ3) is 4.86. The summed E-state index contributed by atoms with van der Waals surface area (Å²) in [4.78, 5) is 29.4. The molecule has 2 aliphatic rings. The number of halogens is 1. The largest absolute Gasteiger partial charge is 0.370 e. The van der Waals surface area contributed by atoms with Gasteiger partial charge in [0.05, 0.1) is 0 Å². The van der Waals surface area contributed by atoms with Gasteiger partial charge in [-0.2, -0.15) is 0 Å². The number of aromatic nitrogens is 1. The number of rotatable bonds is 7. The molecule has 1 heterocycles. The summed E-state index contributed by atoms with van der Waals surface area (Å²) in [6.07, 6.45) is 7.52. The number of carbonyl (C=O) groups excluding carboxylic acids is 2. The number of hydrogen-bond acceptors (Lipinski definition) is 3. The van der Waals surface area contributed by atoms with Gasteiger partial charge in [-0.3, -0.25) is 9.59 Å². The van der Waals surface area contributed by atoms with Crippen molar-refractivity contribution in [2.24, 2.45) is 5.73 Å². The zero-order chi connectivity index (χ0) is 21.1. The van der Waals surface area contributed by atoms with Crippen LogP contribution in [0.1, 0.15) is 84.6 Å². The van der Waals surface area contributed by atoms with Gasteiger partial charge in [0.25, 0.3) is 5.91 Å². The first kappa shape index (κ1) is 20.5. The van der Waals surface area contributed by atoms with Gasteiger partial charge in [-0.25, -0.2) is 9.37 Å². The first-order chi connectivity index (χ1) is 14.4. The van der Waals surface area contributed by atoms with Gasteiger partial charge in [-0.1, -0.05) is 37.5 Å². The van der Waals surface area contributed by atoms with Crippen molar-refractivity contribution < 1.29 is 14.0 Å². The molecule has 1 aromatic heterocycles. The lowest BCUT2D eigenvalue weighted by atomic mass is 9.79. The molecule has 0 spiro atoms. The van der Waals surface area contributed by atoms with E-state index >= 15 is 0 Å². The van der Waals surface area contributed by atoms with E-state index in [-0.39, 0.29) is 18.1 Å². The molecule has 0 radical (unpaired) electrons. The molecule has 4 rings (SSSR count). The predicted octanol–water partition coefficient (Wildman–Crippen LogP) is 4.00. The summed E-state index contributed by atoms with van der Waals surface area (Å²) in [7, 11) is 0. The molecule has 2 amide bonds. The Hall–Kier alpha value is -2.76. The molecular weight excluding hydrogens is 381 g/mol. The van der Waals surface area contributed by atoms with Crippen LogP contribution in [0.4, 0.5) is 4.39 Å². The van der Waals surface area contributed by atoms with Crippen LogP contribution in [0.3, 0.4) is 0 Å². The molecule has 3 N–H and O–H groups in total. The topological polar surface area (TPSA) is 85.1 Å².